The molecule has 4 aromatic heterocycles. The summed E-state index contributed by atoms with van der Waals surface area (Å²) in [6.45, 7) is 1.91. The third-order valence-corrected chi connectivity index (χ3v) is 9.76. The highest BCUT2D eigenvalue weighted by atomic mass is 127. The molecule has 1 aromatic carbocycles. The van der Waals surface area contributed by atoms with E-state index >= 15 is 0 Å². The van der Waals surface area contributed by atoms with E-state index < -0.39 is 22.0 Å². The Bertz CT molecular complexity index is 1880. The average molecular weight is 743 g/mol. The number of rotatable bonds is 7. The molecule has 0 bridgehead atoms. The Morgan fingerprint density at radius 3 is 2.83 bits per heavy atom. The number of aromatic nitrogens is 7. The van der Waals surface area contributed by atoms with E-state index in [0.29, 0.717) is 27.3 Å². The lowest BCUT2D eigenvalue weighted by Crippen LogP contribution is -2.57. The van der Waals surface area contributed by atoms with Crippen molar-refractivity contribution in [1.29, 1.82) is 0 Å². The second-order valence-corrected chi connectivity index (χ2v) is 12.9. The highest BCUT2D eigenvalue weighted by molar-refractivity contribution is 14.0. The van der Waals surface area contributed by atoms with Crippen molar-refractivity contribution in [2.24, 2.45) is 0 Å². The number of aromatic amines is 2. The number of piperazine rings is 1. The predicted octanol–water partition coefficient (Wildman–Crippen LogP) is 2.49. The van der Waals surface area contributed by atoms with Gasteiger partial charge in [-0.2, -0.15) is 4.31 Å². The molecule has 0 saturated carbocycles. The smallest absolute Gasteiger partial charge is 0.283 e. The summed E-state index contributed by atoms with van der Waals surface area (Å²) in [4.78, 5) is 39.8. The molecule has 0 spiro atoms. The molecule has 1 aliphatic rings. The van der Waals surface area contributed by atoms with Crippen LogP contribution in [-0.2, 0) is 21.4 Å². The maximum absolute atomic E-state index is 13.7. The maximum Gasteiger partial charge on any atom is 0.283 e. The fourth-order valence-electron chi connectivity index (χ4n) is 4.71. The van der Waals surface area contributed by atoms with E-state index in [-0.39, 0.29) is 72.5 Å². The molecule has 220 valence electrons. The summed E-state index contributed by atoms with van der Waals surface area (Å²) < 4.78 is 29.4. The number of nitrogens with one attached hydrogen (secondary N) is 3. The van der Waals surface area contributed by atoms with Crippen LogP contribution in [0.1, 0.15) is 27.7 Å². The number of hydrogen-bond donors (Lipinski definition) is 3. The summed E-state index contributed by atoms with van der Waals surface area (Å²) in [7, 11) is -3.98. The standard InChI is InChI=1S/C24H23ClN10O4S2.HI/c1-13-6-18-19(10-26-13)40-23(29-18)24(37)35-5-4-34(12-16(35)9-21(36)27-11-20-30-32-33-31-20)41(38,39)22-8-14-7-15(25)2-3-17(14)28-22;/h2-3,6-8,10,16,28H,4-5,9,11-12H2,1H3,(H,27,36)(H,30,31,32,33);1H. The molecule has 0 aliphatic carbocycles. The van der Waals surface area contributed by atoms with Crippen molar-refractivity contribution in [3.63, 3.8) is 0 Å². The first-order valence-corrected chi connectivity index (χ1v) is 15.1. The van der Waals surface area contributed by atoms with Crippen LogP contribution in [-0.4, -0.2) is 90.7 Å². The van der Waals surface area contributed by atoms with Gasteiger partial charge in [0.1, 0.15) is 5.03 Å². The van der Waals surface area contributed by atoms with Crippen molar-refractivity contribution in [2.45, 2.75) is 31.0 Å². The van der Waals surface area contributed by atoms with Crippen molar-refractivity contribution >= 4 is 89.9 Å². The Morgan fingerprint density at radius 1 is 1.21 bits per heavy atom. The number of amides is 2. The number of benzene rings is 1. The van der Waals surface area contributed by atoms with Crippen molar-refractivity contribution in [2.75, 3.05) is 19.6 Å². The molecule has 1 saturated heterocycles. The monoisotopic (exact) mass is 742 g/mol. The van der Waals surface area contributed by atoms with Gasteiger partial charge in [0.05, 0.1) is 22.8 Å². The molecule has 2 amide bonds. The van der Waals surface area contributed by atoms with Gasteiger partial charge in [0.15, 0.2) is 10.8 Å². The van der Waals surface area contributed by atoms with Crippen molar-refractivity contribution in [1.82, 2.24) is 50.1 Å². The number of hydrogen-bond acceptors (Lipinski definition) is 10. The van der Waals surface area contributed by atoms with Crippen LogP contribution in [0.3, 0.4) is 0 Å². The van der Waals surface area contributed by atoms with Gasteiger partial charge in [0.25, 0.3) is 15.9 Å². The number of thiazole rings is 1. The lowest BCUT2D eigenvalue weighted by atomic mass is 10.1. The van der Waals surface area contributed by atoms with Crippen LogP contribution in [0, 0.1) is 6.92 Å². The van der Waals surface area contributed by atoms with E-state index in [1.165, 1.54) is 26.6 Å². The van der Waals surface area contributed by atoms with Crippen LogP contribution >= 0.6 is 46.9 Å². The number of sulfonamides is 1. The van der Waals surface area contributed by atoms with E-state index in [1.54, 1.807) is 30.5 Å². The van der Waals surface area contributed by atoms with Crippen LogP contribution in [0.15, 0.2) is 41.6 Å². The summed E-state index contributed by atoms with van der Waals surface area (Å²) >= 11 is 7.28. The molecular weight excluding hydrogens is 719 g/mol. The Balaban J connectivity index is 0.00000353. The zero-order valence-corrected chi connectivity index (χ0v) is 26.7. The zero-order valence-electron chi connectivity index (χ0n) is 21.9. The van der Waals surface area contributed by atoms with E-state index in [1.807, 2.05) is 6.92 Å². The number of aryl methyl sites for hydroxylation is 1. The molecule has 1 unspecified atom stereocenters. The van der Waals surface area contributed by atoms with Gasteiger partial charge in [0, 0.05) is 53.9 Å². The zero-order chi connectivity index (χ0) is 28.7. The van der Waals surface area contributed by atoms with Gasteiger partial charge in [-0.05, 0) is 47.7 Å². The number of carbonyl (C=O) groups excluding carboxylic acids is 2. The van der Waals surface area contributed by atoms with Crippen molar-refractivity contribution < 1.29 is 18.0 Å². The molecule has 5 heterocycles. The topological polar surface area (TPSA) is 183 Å². The van der Waals surface area contributed by atoms with Gasteiger partial charge in [-0.1, -0.05) is 11.6 Å². The first-order valence-electron chi connectivity index (χ1n) is 12.5. The van der Waals surface area contributed by atoms with Crippen molar-refractivity contribution in [3.05, 3.63) is 58.1 Å². The number of fused-ring (bicyclic) bond motifs is 2. The number of H-pyrrole nitrogens is 2. The fourth-order valence-corrected chi connectivity index (χ4v) is 7.25. The number of pyridine rings is 1. The van der Waals surface area contributed by atoms with Crippen LogP contribution in [0.5, 0.6) is 0 Å². The SMILES string of the molecule is Cc1cc2nc(C(=O)N3CCN(S(=O)(=O)c4cc5cc(Cl)ccc5[nH]4)CC3CC(=O)NCc3nnn[nH]3)sc2cn1.I. The molecule has 1 atom stereocenters. The van der Waals surface area contributed by atoms with E-state index in [2.05, 4.69) is 40.9 Å². The highest BCUT2D eigenvalue weighted by Crippen LogP contribution is 2.28. The molecule has 1 aliphatic heterocycles. The number of halogens is 2. The minimum absolute atomic E-state index is 0. The van der Waals surface area contributed by atoms with Gasteiger partial charge in [0.2, 0.25) is 5.91 Å². The van der Waals surface area contributed by atoms with E-state index in [0.717, 1.165) is 10.4 Å². The van der Waals surface area contributed by atoms with Gasteiger partial charge in [-0.15, -0.1) is 40.4 Å². The summed E-state index contributed by atoms with van der Waals surface area (Å²) in [6, 6.07) is 7.62. The average Bonchev–Trinajstić information content (AvgIpc) is 3.71. The lowest BCUT2D eigenvalue weighted by Gasteiger charge is -2.40. The number of carbonyl (C=O) groups is 2. The Morgan fingerprint density at radius 2 is 2.05 bits per heavy atom. The molecule has 6 rings (SSSR count). The second kappa shape index (κ2) is 12.2. The molecule has 3 N–H and O–H groups in total. The van der Waals surface area contributed by atoms with Gasteiger partial charge >= 0.3 is 0 Å². The quantitative estimate of drug-likeness (QED) is 0.211. The van der Waals surface area contributed by atoms with E-state index in [4.69, 9.17) is 11.6 Å². The predicted molar refractivity (Wildman–Crippen MR) is 165 cm³/mol. The van der Waals surface area contributed by atoms with Crippen LogP contribution in [0.4, 0.5) is 0 Å². The molecule has 42 heavy (non-hydrogen) atoms. The molecule has 18 heteroatoms. The van der Waals surface area contributed by atoms with E-state index in [9.17, 15) is 18.0 Å². The third-order valence-electron chi connectivity index (χ3n) is 6.74. The first kappa shape index (κ1) is 30.2. The molecule has 0 radical (unpaired) electrons. The molecule has 1 fully saturated rings. The van der Waals surface area contributed by atoms with Gasteiger partial charge < -0.3 is 15.2 Å². The van der Waals surface area contributed by atoms with Crippen LogP contribution in [0.25, 0.3) is 21.1 Å². The summed E-state index contributed by atoms with van der Waals surface area (Å²) in [5.41, 5.74) is 2.05. The van der Waals surface area contributed by atoms with Gasteiger partial charge in [-0.25, -0.2) is 18.5 Å². The highest BCUT2D eigenvalue weighted by Gasteiger charge is 2.39. The van der Waals surface area contributed by atoms with Crippen LogP contribution in [0.2, 0.25) is 5.02 Å². The largest absolute Gasteiger partial charge is 0.349 e. The summed E-state index contributed by atoms with van der Waals surface area (Å²) in [5, 5.41) is 17.3. The summed E-state index contributed by atoms with van der Waals surface area (Å²) in [6.07, 6.45) is 1.52. The maximum atomic E-state index is 13.7. The first-order chi connectivity index (χ1) is 19.7. The number of tetrazole rings is 1. The second-order valence-electron chi connectivity index (χ2n) is 9.52. The lowest BCUT2D eigenvalue weighted by molar-refractivity contribution is -0.122. The van der Waals surface area contributed by atoms with Gasteiger partial charge in [-0.3, -0.25) is 14.6 Å². The Kier molecular flexibility index (Phi) is 8.74. The fraction of sp³-hybridized carbons (Fsp3) is 0.292. The minimum Gasteiger partial charge on any atom is -0.349 e. The Hall–Kier alpha value is -3.26. The third kappa shape index (κ3) is 6.10. The minimum atomic E-state index is -3.98. The number of nitrogens with zero attached hydrogens (tertiary/aromatic N) is 7. The molecule has 14 nitrogen and oxygen atoms in total. The molecule has 5 aromatic rings. The summed E-state index contributed by atoms with van der Waals surface area (Å²) in [5.74, 6) is -0.414. The van der Waals surface area contributed by atoms with Crippen LogP contribution < -0.4 is 5.32 Å². The Labute approximate surface area is 265 Å². The molecular formula is C24H24ClIN10O4S2. The normalized spacial score (nSPS) is 16.0. The van der Waals surface area contributed by atoms with Crippen molar-refractivity contribution in [3.8, 4) is 0 Å².